The molecule has 1 amide bonds. The molecule has 2 aromatic heterocycles. The molecule has 1 N–H and O–H groups in total. The van der Waals surface area contributed by atoms with Crippen LogP contribution in [0.4, 0.5) is 0 Å². The zero-order chi connectivity index (χ0) is 17.1. The fraction of sp³-hybridized carbons (Fsp3) is 0.278. The predicted octanol–water partition coefficient (Wildman–Crippen LogP) is 2.33. The fourth-order valence-electron chi connectivity index (χ4n) is 3.05. The number of thiophene rings is 1. The Labute approximate surface area is 150 Å². The molecule has 3 aromatic rings. The Morgan fingerprint density at radius 1 is 1.28 bits per heavy atom. The number of amides is 1. The summed E-state index contributed by atoms with van der Waals surface area (Å²) in [4.78, 5) is 16.3. The average molecular weight is 353 g/mol. The highest BCUT2D eigenvalue weighted by molar-refractivity contribution is 7.07. The first-order valence-corrected chi connectivity index (χ1v) is 9.24. The lowest BCUT2D eigenvalue weighted by Crippen LogP contribution is -2.37. The number of benzene rings is 1. The topological polar surface area (TPSA) is 63.1 Å². The number of nitrogens with one attached hydrogen (secondary N) is 1. The van der Waals surface area contributed by atoms with Gasteiger partial charge in [-0.05, 0) is 40.9 Å². The van der Waals surface area contributed by atoms with Gasteiger partial charge in [0, 0.05) is 25.7 Å². The van der Waals surface area contributed by atoms with Crippen LogP contribution in [0.1, 0.15) is 22.5 Å². The van der Waals surface area contributed by atoms with Gasteiger partial charge in [-0.2, -0.15) is 21.2 Å². The van der Waals surface area contributed by atoms with Gasteiger partial charge in [-0.1, -0.05) is 18.2 Å². The maximum atomic E-state index is 12.4. The number of hydrogen-bond donors (Lipinski definition) is 1. The van der Waals surface area contributed by atoms with Crippen molar-refractivity contribution in [3.8, 4) is 5.69 Å². The molecule has 1 saturated heterocycles. The van der Waals surface area contributed by atoms with Gasteiger partial charge in [-0.15, -0.1) is 5.10 Å². The molecule has 0 radical (unpaired) electrons. The van der Waals surface area contributed by atoms with Gasteiger partial charge in [-0.3, -0.25) is 9.69 Å². The molecule has 1 fully saturated rings. The quantitative estimate of drug-likeness (QED) is 0.765. The number of carbonyl (C=O) groups is 1. The Kier molecular flexibility index (Phi) is 4.58. The van der Waals surface area contributed by atoms with Crippen LogP contribution in [0.2, 0.25) is 0 Å². The highest BCUT2D eigenvalue weighted by Crippen LogP contribution is 2.15. The number of carbonyl (C=O) groups excluding carboxylic acids is 1. The van der Waals surface area contributed by atoms with Crippen LogP contribution in [0.15, 0.2) is 53.4 Å². The van der Waals surface area contributed by atoms with Gasteiger partial charge in [0.05, 0.1) is 11.9 Å². The molecule has 1 aliphatic rings. The van der Waals surface area contributed by atoms with Gasteiger partial charge in [0.25, 0.3) is 5.91 Å². The van der Waals surface area contributed by atoms with Crippen LogP contribution >= 0.6 is 11.3 Å². The summed E-state index contributed by atoms with van der Waals surface area (Å²) >= 11 is 1.72. The van der Waals surface area contributed by atoms with E-state index in [1.54, 1.807) is 11.3 Å². The predicted molar refractivity (Wildman–Crippen MR) is 96.8 cm³/mol. The Morgan fingerprint density at radius 2 is 2.16 bits per heavy atom. The number of para-hydroxylation sites is 1. The van der Waals surface area contributed by atoms with Gasteiger partial charge < -0.3 is 5.32 Å². The van der Waals surface area contributed by atoms with Gasteiger partial charge in [0.2, 0.25) is 0 Å². The second-order valence-electron chi connectivity index (χ2n) is 6.18. The third-order valence-electron chi connectivity index (χ3n) is 4.31. The molecule has 7 heteroatoms. The molecule has 4 rings (SSSR count). The van der Waals surface area contributed by atoms with E-state index < -0.39 is 0 Å². The van der Waals surface area contributed by atoms with Crippen LogP contribution in [0.3, 0.4) is 0 Å². The monoisotopic (exact) mass is 353 g/mol. The summed E-state index contributed by atoms with van der Waals surface area (Å²) in [5.74, 6) is -0.162. The van der Waals surface area contributed by atoms with E-state index >= 15 is 0 Å². The normalized spacial score (nSPS) is 17.7. The molecule has 1 unspecified atom stereocenters. The van der Waals surface area contributed by atoms with Crippen LogP contribution in [-0.4, -0.2) is 44.9 Å². The first-order valence-electron chi connectivity index (χ1n) is 8.30. The molecule has 6 nitrogen and oxygen atoms in total. The number of aromatic nitrogens is 3. The second-order valence-corrected chi connectivity index (χ2v) is 6.96. The maximum Gasteiger partial charge on any atom is 0.273 e. The van der Waals surface area contributed by atoms with E-state index in [0.717, 1.165) is 31.7 Å². The Bertz CT molecular complexity index is 830. The summed E-state index contributed by atoms with van der Waals surface area (Å²) in [7, 11) is 0. The SMILES string of the molecule is O=C(NC1CCN(Cc2ccsc2)C1)c1cnn(-c2ccccc2)n1. The van der Waals surface area contributed by atoms with Crippen LogP contribution in [0, 0.1) is 0 Å². The van der Waals surface area contributed by atoms with Gasteiger partial charge in [0.1, 0.15) is 0 Å². The highest BCUT2D eigenvalue weighted by atomic mass is 32.1. The standard InChI is InChI=1S/C18H19N5OS/c24-18(17-10-19-23(21-17)16-4-2-1-3-5-16)20-15-6-8-22(12-15)11-14-7-9-25-13-14/h1-5,7,9-10,13,15H,6,8,11-12H2,(H,20,24). The number of hydrogen-bond acceptors (Lipinski definition) is 5. The van der Waals surface area contributed by atoms with Gasteiger partial charge >= 0.3 is 0 Å². The Balaban J connectivity index is 1.34. The van der Waals surface area contributed by atoms with Crippen molar-refractivity contribution in [3.63, 3.8) is 0 Å². The molecule has 1 aliphatic heterocycles. The number of nitrogens with zero attached hydrogens (tertiary/aromatic N) is 4. The number of likely N-dealkylation sites (tertiary alicyclic amines) is 1. The smallest absolute Gasteiger partial charge is 0.273 e. The Hall–Kier alpha value is -2.51. The van der Waals surface area contributed by atoms with Crippen LogP contribution < -0.4 is 5.32 Å². The lowest BCUT2D eigenvalue weighted by molar-refractivity contribution is 0.0932. The Morgan fingerprint density at radius 3 is 2.96 bits per heavy atom. The second kappa shape index (κ2) is 7.16. The molecule has 0 spiro atoms. The lowest BCUT2D eigenvalue weighted by atomic mass is 10.2. The van der Waals surface area contributed by atoms with E-state index in [4.69, 9.17) is 0 Å². The lowest BCUT2D eigenvalue weighted by Gasteiger charge is -2.15. The molecule has 3 heterocycles. The van der Waals surface area contributed by atoms with E-state index in [-0.39, 0.29) is 11.9 Å². The van der Waals surface area contributed by atoms with Gasteiger partial charge in [-0.25, -0.2) is 0 Å². The molecule has 0 aliphatic carbocycles. The minimum atomic E-state index is -0.162. The third kappa shape index (κ3) is 3.78. The molecule has 128 valence electrons. The van der Waals surface area contributed by atoms with Crippen LogP contribution in [-0.2, 0) is 6.54 Å². The maximum absolute atomic E-state index is 12.4. The summed E-state index contributed by atoms with van der Waals surface area (Å²) in [5, 5.41) is 15.8. The minimum absolute atomic E-state index is 0.160. The van der Waals surface area contributed by atoms with E-state index in [1.807, 2.05) is 30.3 Å². The van der Waals surface area contributed by atoms with Crippen molar-refractivity contribution in [1.29, 1.82) is 0 Å². The van der Waals surface area contributed by atoms with Crippen molar-refractivity contribution in [2.24, 2.45) is 0 Å². The summed E-state index contributed by atoms with van der Waals surface area (Å²) < 4.78 is 0. The molecule has 0 bridgehead atoms. The van der Waals surface area contributed by atoms with Crippen LogP contribution in [0.5, 0.6) is 0 Å². The highest BCUT2D eigenvalue weighted by Gasteiger charge is 2.25. The van der Waals surface area contributed by atoms with Crippen molar-refractivity contribution >= 4 is 17.2 Å². The number of rotatable bonds is 5. The van der Waals surface area contributed by atoms with Crippen molar-refractivity contribution in [1.82, 2.24) is 25.2 Å². The van der Waals surface area contributed by atoms with E-state index in [0.29, 0.717) is 5.69 Å². The minimum Gasteiger partial charge on any atom is -0.347 e. The molecule has 1 aromatic carbocycles. The summed E-state index contributed by atoms with van der Waals surface area (Å²) in [6.07, 6.45) is 2.48. The van der Waals surface area contributed by atoms with Crippen molar-refractivity contribution in [2.75, 3.05) is 13.1 Å². The first kappa shape index (κ1) is 16.0. The fourth-order valence-corrected chi connectivity index (χ4v) is 3.71. The average Bonchev–Trinajstić information content (AvgIpc) is 3.38. The van der Waals surface area contributed by atoms with Gasteiger partial charge in [0.15, 0.2) is 5.69 Å². The third-order valence-corrected chi connectivity index (χ3v) is 5.04. The molecular formula is C18H19N5OS. The van der Waals surface area contributed by atoms with Crippen LogP contribution in [0.25, 0.3) is 5.69 Å². The largest absolute Gasteiger partial charge is 0.347 e. The molecule has 1 atom stereocenters. The molecular weight excluding hydrogens is 334 g/mol. The van der Waals surface area contributed by atoms with Crippen molar-refractivity contribution < 1.29 is 4.79 Å². The zero-order valence-electron chi connectivity index (χ0n) is 13.7. The summed E-state index contributed by atoms with van der Waals surface area (Å²) in [6.45, 7) is 2.81. The van der Waals surface area contributed by atoms with E-state index in [9.17, 15) is 4.79 Å². The first-order chi connectivity index (χ1) is 12.3. The molecule has 25 heavy (non-hydrogen) atoms. The molecule has 0 saturated carbocycles. The zero-order valence-corrected chi connectivity index (χ0v) is 14.5. The van der Waals surface area contributed by atoms with Crippen molar-refractivity contribution in [3.05, 3.63) is 64.6 Å². The summed E-state index contributed by atoms with van der Waals surface area (Å²) in [5.41, 5.74) is 2.52. The van der Waals surface area contributed by atoms with E-state index in [1.165, 1.54) is 16.6 Å². The summed E-state index contributed by atoms with van der Waals surface area (Å²) in [6, 6.07) is 11.9. The van der Waals surface area contributed by atoms with Crippen molar-refractivity contribution in [2.45, 2.75) is 19.0 Å². The van der Waals surface area contributed by atoms with E-state index in [2.05, 4.69) is 37.2 Å².